The van der Waals surface area contributed by atoms with Gasteiger partial charge < -0.3 is 29.5 Å². The minimum atomic E-state index is -1.82. The summed E-state index contributed by atoms with van der Waals surface area (Å²) in [7, 11) is 1.70. The van der Waals surface area contributed by atoms with Gasteiger partial charge in [-0.15, -0.1) is 0 Å². The highest BCUT2D eigenvalue weighted by molar-refractivity contribution is 6.27. The van der Waals surface area contributed by atoms with Gasteiger partial charge in [0.1, 0.15) is 11.6 Å². The van der Waals surface area contributed by atoms with E-state index < -0.39 is 11.9 Å². The fourth-order valence-corrected chi connectivity index (χ4v) is 4.18. The molecule has 0 aliphatic carbocycles. The van der Waals surface area contributed by atoms with E-state index in [1.807, 2.05) is 12.1 Å². The number of aromatic nitrogens is 2. The van der Waals surface area contributed by atoms with E-state index in [0.717, 1.165) is 43.9 Å². The highest BCUT2D eigenvalue weighted by Gasteiger charge is 2.22. The average Bonchev–Trinajstić information content (AvgIpc) is 3.18. The second-order valence-electron chi connectivity index (χ2n) is 8.27. The van der Waals surface area contributed by atoms with Gasteiger partial charge in [0.05, 0.1) is 24.8 Å². The van der Waals surface area contributed by atoms with Crippen molar-refractivity contribution in [3.8, 4) is 5.75 Å². The number of carbonyl (C=O) groups is 2. The van der Waals surface area contributed by atoms with Gasteiger partial charge in [0, 0.05) is 19.5 Å². The summed E-state index contributed by atoms with van der Waals surface area (Å²) in [6.45, 7) is 4.02. The number of para-hydroxylation sites is 2. The number of benzene rings is 2. The molecule has 9 heteroatoms. The number of likely N-dealkylation sites (tertiary alicyclic amines) is 1. The smallest absolute Gasteiger partial charge is 0.414 e. The lowest BCUT2D eigenvalue weighted by atomic mass is 9.93. The number of β-amino-alcohol motifs (C(OH)–C–C–N with tert-alkyl or cyclic N) is 1. The molecular formula is C25H31N3O6. The first-order valence-electron chi connectivity index (χ1n) is 11.3. The van der Waals surface area contributed by atoms with E-state index in [2.05, 4.69) is 45.9 Å². The highest BCUT2D eigenvalue weighted by atomic mass is 16.5. The molecule has 1 fully saturated rings. The molecule has 182 valence electrons. The Morgan fingerprint density at radius 1 is 1.03 bits per heavy atom. The van der Waals surface area contributed by atoms with E-state index in [-0.39, 0.29) is 6.61 Å². The maximum absolute atomic E-state index is 9.15. The Labute approximate surface area is 198 Å². The number of carboxylic acids is 2. The molecule has 1 aromatic heterocycles. The van der Waals surface area contributed by atoms with Crippen LogP contribution in [-0.2, 0) is 22.6 Å². The first-order valence-corrected chi connectivity index (χ1v) is 11.3. The summed E-state index contributed by atoms with van der Waals surface area (Å²) in [5, 5.41) is 23.9. The maximum Gasteiger partial charge on any atom is 0.414 e. The molecule has 0 spiro atoms. The van der Waals surface area contributed by atoms with Gasteiger partial charge in [-0.25, -0.2) is 14.6 Å². The highest BCUT2D eigenvalue weighted by Crippen LogP contribution is 2.25. The third-order valence-electron chi connectivity index (χ3n) is 6.01. The van der Waals surface area contributed by atoms with Crippen molar-refractivity contribution in [2.24, 2.45) is 5.92 Å². The van der Waals surface area contributed by atoms with Gasteiger partial charge >= 0.3 is 11.9 Å². The van der Waals surface area contributed by atoms with Crippen LogP contribution in [0, 0.1) is 5.92 Å². The molecule has 9 nitrogen and oxygen atoms in total. The lowest BCUT2D eigenvalue weighted by molar-refractivity contribution is -0.159. The molecule has 1 aliphatic rings. The van der Waals surface area contributed by atoms with E-state index >= 15 is 0 Å². The standard InChI is InChI=1S/C23H29N3O2.C2H2O4/c1-28-20-8-6-19(7-9-20)17-26-22-5-3-2-4-21(22)24-23(26)16-18-10-12-25(13-11-18)14-15-27;3-1(4)2(5)6/h2-9,18,27H,10-17H2,1H3;(H,3,4)(H,5,6). The SMILES string of the molecule is COc1ccc(Cn2c(CC3CCN(CCO)CC3)nc3ccccc32)cc1.O=C(O)C(=O)O. The fraction of sp³-hybridized carbons (Fsp3) is 0.400. The van der Waals surface area contributed by atoms with Crippen LogP contribution in [0.4, 0.5) is 0 Å². The van der Waals surface area contributed by atoms with Crippen LogP contribution in [0.2, 0.25) is 0 Å². The van der Waals surface area contributed by atoms with Crippen molar-refractivity contribution in [2.75, 3.05) is 33.4 Å². The maximum atomic E-state index is 9.15. The average molecular weight is 470 g/mol. The Morgan fingerprint density at radius 3 is 2.26 bits per heavy atom. The molecule has 0 radical (unpaired) electrons. The van der Waals surface area contributed by atoms with Crippen molar-refractivity contribution in [3.63, 3.8) is 0 Å². The van der Waals surface area contributed by atoms with Crippen molar-refractivity contribution in [3.05, 3.63) is 59.9 Å². The van der Waals surface area contributed by atoms with Gasteiger partial charge in [0.25, 0.3) is 0 Å². The number of methoxy groups -OCH3 is 1. The summed E-state index contributed by atoms with van der Waals surface area (Å²) in [5.41, 5.74) is 3.53. The zero-order chi connectivity index (χ0) is 24.5. The molecule has 2 aromatic carbocycles. The van der Waals surface area contributed by atoms with Crippen molar-refractivity contribution in [2.45, 2.75) is 25.8 Å². The Kier molecular flexibility index (Phi) is 9.00. The number of fused-ring (bicyclic) bond motifs is 1. The van der Waals surface area contributed by atoms with Gasteiger partial charge in [-0.2, -0.15) is 0 Å². The van der Waals surface area contributed by atoms with E-state index in [0.29, 0.717) is 5.92 Å². The Morgan fingerprint density at radius 2 is 1.68 bits per heavy atom. The summed E-state index contributed by atoms with van der Waals surface area (Å²) in [4.78, 5) is 25.5. The number of ether oxygens (including phenoxy) is 1. The van der Waals surface area contributed by atoms with Gasteiger partial charge in [-0.05, 0) is 61.7 Å². The molecule has 34 heavy (non-hydrogen) atoms. The van der Waals surface area contributed by atoms with Crippen molar-refractivity contribution in [1.29, 1.82) is 0 Å². The predicted molar refractivity (Wildman–Crippen MR) is 127 cm³/mol. The lowest BCUT2D eigenvalue weighted by Gasteiger charge is -2.31. The number of rotatable bonds is 7. The van der Waals surface area contributed by atoms with Crippen LogP contribution < -0.4 is 4.74 Å². The van der Waals surface area contributed by atoms with Crippen LogP contribution in [-0.4, -0.2) is 75.1 Å². The number of aliphatic hydroxyl groups excluding tert-OH is 1. The van der Waals surface area contributed by atoms with E-state index in [1.54, 1.807) is 7.11 Å². The zero-order valence-corrected chi connectivity index (χ0v) is 19.3. The van der Waals surface area contributed by atoms with Gasteiger partial charge in [-0.1, -0.05) is 24.3 Å². The molecule has 3 aromatic rings. The number of aliphatic carboxylic acids is 2. The van der Waals surface area contributed by atoms with Crippen LogP contribution in [0.25, 0.3) is 11.0 Å². The summed E-state index contributed by atoms with van der Waals surface area (Å²) in [6, 6.07) is 16.7. The summed E-state index contributed by atoms with van der Waals surface area (Å²) in [5.74, 6) is -0.932. The number of imidazole rings is 1. The van der Waals surface area contributed by atoms with Crippen LogP contribution in [0.3, 0.4) is 0 Å². The molecule has 0 saturated carbocycles. The molecule has 0 unspecified atom stereocenters. The van der Waals surface area contributed by atoms with E-state index in [9.17, 15) is 0 Å². The first-order chi connectivity index (χ1) is 16.4. The minimum Gasteiger partial charge on any atom is -0.497 e. The first kappa shape index (κ1) is 25.2. The number of piperidine rings is 1. The van der Waals surface area contributed by atoms with E-state index in [1.165, 1.54) is 29.7 Å². The van der Waals surface area contributed by atoms with E-state index in [4.69, 9.17) is 34.6 Å². The second-order valence-corrected chi connectivity index (χ2v) is 8.27. The van der Waals surface area contributed by atoms with Crippen LogP contribution in [0.15, 0.2) is 48.5 Å². The molecule has 1 saturated heterocycles. The minimum absolute atomic E-state index is 0.252. The number of aliphatic hydroxyl groups is 1. The van der Waals surface area contributed by atoms with Crippen LogP contribution >= 0.6 is 0 Å². The Hall–Kier alpha value is -3.43. The molecule has 0 bridgehead atoms. The molecule has 0 amide bonds. The lowest BCUT2D eigenvalue weighted by Crippen LogP contribution is -2.36. The Balaban J connectivity index is 0.000000481. The predicted octanol–water partition coefficient (Wildman–Crippen LogP) is 2.50. The van der Waals surface area contributed by atoms with Gasteiger partial charge in [-0.3, -0.25) is 0 Å². The number of hydrogen-bond donors (Lipinski definition) is 3. The summed E-state index contributed by atoms with van der Waals surface area (Å²) < 4.78 is 7.66. The quantitative estimate of drug-likeness (QED) is 0.451. The monoisotopic (exact) mass is 469 g/mol. The molecular weight excluding hydrogens is 438 g/mol. The number of carboxylic acid groups (broad SMARTS) is 2. The summed E-state index contributed by atoms with van der Waals surface area (Å²) >= 11 is 0. The third-order valence-corrected chi connectivity index (χ3v) is 6.01. The zero-order valence-electron chi connectivity index (χ0n) is 19.3. The molecule has 2 heterocycles. The third kappa shape index (κ3) is 6.79. The normalized spacial score (nSPS) is 14.4. The van der Waals surface area contributed by atoms with Crippen molar-refractivity contribution in [1.82, 2.24) is 14.5 Å². The molecule has 1 aliphatic heterocycles. The van der Waals surface area contributed by atoms with Crippen LogP contribution in [0.1, 0.15) is 24.2 Å². The number of nitrogens with zero attached hydrogens (tertiary/aromatic N) is 3. The van der Waals surface area contributed by atoms with Crippen molar-refractivity contribution < 1.29 is 29.6 Å². The fourth-order valence-electron chi connectivity index (χ4n) is 4.18. The number of hydrogen-bond acceptors (Lipinski definition) is 6. The topological polar surface area (TPSA) is 125 Å². The molecule has 0 atom stereocenters. The van der Waals surface area contributed by atoms with Crippen LogP contribution in [0.5, 0.6) is 5.75 Å². The second kappa shape index (κ2) is 12.2. The largest absolute Gasteiger partial charge is 0.497 e. The van der Waals surface area contributed by atoms with Crippen molar-refractivity contribution >= 4 is 23.0 Å². The molecule has 4 rings (SSSR count). The summed E-state index contributed by atoms with van der Waals surface area (Å²) in [6.07, 6.45) is 3.36. The van der Waals surface area contributed by atoms with Gasteiger partial charge in [0.2, 0.25) is 0 Å². The van der Waals surface area contributed by atoms with Gasteiger partial charge in [0.15, 0.2) is 0 Å². The Bertz CT molecular complexity index is 1080. The molecule has 3 N–H and O–H groups in total.